The molecule has 2 aromatic rings. The zero-order chi connectivity index (χ0) is 18.1. The van der Waals surface area contributed by atoms with Crippen LogP contribution in [0.15, 0.2) is 54.6 Å². The molecule has 0 spiro atoms. The summed E-state index contributed by atoms with van der Waals surface area (Å²) in [4.78, 5) is 25.5. The Morgan fingerprint density at radius 2 is 1.72 bits per heavy atom. The predicted octanol–water partition coefficient (Wildman–Crippen LogP) is 2.91. The average molecular weight is 340 g/mol. The number of hydrogen-bond acceptors (Lipinski definition) is 4. The lowest BCUT2D eigenvalue weighted by atomic mass is 10.1. The molecular weight excluding hydrogens is 316 g/mol. The van der Waals surface area contributed by atoms with Crippen molar-refractivity contribution in [1.29, 1.82) is 0 Å². The third-order valence-corrected chi connectivity index (χ3v) is 3.83. The Morgan fingerprint density at radius 1 is 1.04 bits per heavy atom. The van der Waals surface area contributed by atoms with Gasteiger partial charge in [-0.2, -0.15) is 0 Å². The largest absolute Gasteiger partial charge is 0.484 e. The first-order chi connectivity index (χ1) is 12.1. The Labute approximate surface area is 148 Å². The normalized spacial score (nSPS) is 10.2. The van der Waals surface area contributed by atoms with E-state index in [1.165, 1.54) is 0 Å². The van der Waals surface area contributed by atoms with Crippen LogP contribution >= 0.6 is 0 Å². The van der Waals surface area contributed by atoms with Crippen molar-refractivity contribution in [3.05, 3.63) is 60.2 Å². The number of carbonyl (C=O) groups excluding carboxylic acids is 2. The summed E-state index contributed by atoms with van der Waals surface area (Å²) in [6.07, 6.45) is 0.472. The van der Waals surface area contributed by atoms with Gasteiger partial charge in [0.1, 0.15) is 5.75 Å². The van der Waals surface area contributed by atoms with E-state index in [0.29, 0.717) is 30.8 Å². The Morgan fingerprint density at radius 3 is 2.36 bits per heavy atom. The number of ketones is 1. The fourth-order valence-electron chi connectivity index (χ4n) is 2.32. The van der Waals surface area contributed by atoms with Crippen LogP contribution in [0.2, 0.25) is 0 Å². The monoisotopic (exact) mass is 340 g/mol. The van der Waals surface area contributed by atoms with E-state index in [9.17, 15) is 9.59 Å². The number of ether oxygens (including phenoxy) is 1. The van der Waals surface area contributed by atoms with E-state index in [0.717, 1.165) is 5.69 Å². The van der Waals surface area contributed by atoms with Crippen molar-refractivity contribution in [2.45, 2.75) is 13.3 Å². The molecule has 5 heteroatoms. The first-order valence-electron chi connectivity index (χ1n) is 8.39. The number of likely N-dealkylation sites (N-methyl/N-ethyl adjacent to an activating group) is 1. The number of benzene rings is 2. The number of nitrogens with one attached hydrogen (secondary N) is 1. The second-order valence-corrected chi connectivity index (χ2v) is 5.70. The Balaban J connectivity index is 1.69. The number of hydrogen-bond donors (Lipinski definition) is 1. The zero-order valence-corrected chi connectivity index (χ0v) is 14.7. The molecule has 0 saturated heterocycles. The number of nitrogens with zero attached hydrogens (tertiary/aromatic N) is 1. The molecule has 132 valence electrons. The second-order valence-electron chi connectivity index (χ2n) is 5.70. The maximum absolute atomic E-state index is 11.8. The summed E-state index contributed by atoms with van der Waals surface area (Å²) in [6.45, 7) is 3.03. The van der Waals surface area contributed by atoms with Gasteiger partial charge in [-0.25, -0.2) is 0 Å². The summed E-state index contributed by atoms with van der Waals surface area (Å²) in [5.74, 6) is 0.492. The quantitative estimate of drug-likeness (QED) is 0.713. The lowest BCUT2D eigenvalue weighted by Gasteiger charge is -2.19. The predicted molar refractivity (Wildman–Crippen MR) is 99.3 cm³/mol. The average Bonchev–Trinajstić information content (AvgIpc) is 2.66. The van der Waals surface area contributed by atoms with Gasteiger partial charge in [0.15, 0.2) is 12.4 Å². The van der Waals surface area contributed by atoms with Crippen LogP contribution in [-0.2, 0) is 4.79 Å². The molecular formula is C20H24N2O3. The van der Waals surface area contributed by atoms with E-state index >= 15 is 0 Å². The highest BCUT2D eigenvalue weighted by Crippen LogP contribution is 2.13. The van der Waals surface area contributed by atoms with Gasteiger partial charge in [0, 0.05) is 37.8 Å². The summed E-state index contributed by atoms with van der Waals surface area (Å²) in [7, 11) is 1.98. The highest BCUT2D eigenvalue weighted by Gasteiger charge is 2.06. The fourth-order valence-corrected chi connectivity index (χ4v) is 2.32. The lowest BCUT2D eigenvalue weighted by Crippen LogP contribution is -2.35. The van der Waals surface area contributed by atoms with Gasteiger partial charge in [-0.3, -0.25) is 9.59 Å². The Hall–Kier alpha value is -2.82. The SMILES string of the molecule is CCC(=O)c1ccc(OCC(=O)NCCN(C)c2ccccc2)cc1. The van der Waals surface area contributed by atoms with Crippen LogP contribution in [0.5, 0.6) is 5.75 Å². The van der Waals surface area contributed by atoms with E-state index in [1.54, 1.807) is 24.3 Å². The molecule has 0 radical (unpaired) electrons. The topological polar surface area (TPSA) is 58.6 Å². The van der Waals surface area contributed by atoms with Crippen LogP contribution in [-0.4, -0.2) is 38.4 Å². The molecule has 25 heavy (non-hydrogen) atoms. The molecule has 0 aliphatic carbocycles. The molecule has 2 aromatic carbocycles. The zero-order valence-electron chi connectivity index (χ0n) is 14.7. The minimum Gasteiger partial charge on any atom is -0.484 e. The summed E-state index contributed by atoms with van der Waals surface area (Å²) >= 11 is 0. The third kappa shape index (κ3) is 5.95. The Bertz CT molecular complexity index is 684. The lowest BCUT2D eigenvalue weighted by molar-refractivity contribution is -0.123. The van der Waals surface area contributed by atoms with Crippen LogP contribution in [0.4, 0.5) is 5.69 Å². The third-order valence-electron chi connectivity index (χ3n) is 3.83. The van der Waals surface area contributed by atoms with E-state index in [2.05, 4.69) is 10.2 Å². The van der Waals surface area contributed by atoms with Gasteiger partial charge in [-0.1, -0.05) is 25.1 Å². The summed E-state index contributed by atoms with van der Waals surface area (Å²) in [6, 6.07) is 16.8. The van der Waals surface area contributed by atoms with Crippen molar-refractivity contribution in [2.75, 3.05) is 31.6 Å². The second kappa shape index (κ2) is 9.47. The van der Waals surface area contributed by atoms with Crippen LogP contribution in [0.1, 0.15) is 23.7 Å². The van der Waals surface area contributed by atoms with Gasteiger partial charge in [-0.05, 0) is 36.4 Å². The van der Waals surface area contributed by atoms with Gasteiger partial charge in [-0.15, -0.1) is 0 Å². The van der Waals surface area contributed by atoms with Gasteiger partial charge in [0.25, 0.3) is 5.91 Å². The van der Waals surface area contributed by atoms with Crippen LogP contribution in [0, 0.1) is 0 Å². The number of rotatable bonds is 9. The fraction of sp³-hybridized carbons (Fsp3) is 0.300. The number of carbonyl (C=O) groups is 2. The Kier molecular flexibility index (Phi) is 7.01. The van der Waals surface area contributed by atoms with Crippen molar-refractivity contribution in [2.24, 2.45) is 0 Å². The standard InChI is InChI=1S/C20H24N2O3/c1-3-19(23)16-9-11-18(12-10-16)25-15-20(24)21-13-14-22(2)17-7-5-4-6-8-17/h4-12H,3,13-15H2,1-2H3,(H,21,24). The number of anilines is 1. The number of para-hydroxylation sites is 1. The van der Waals surface area contributed by atoms with Crippen molar-refractivity contribution in [3.8, 4) is 5.75 Å². The van der Waals surface area contributed by atoms with Crippen LogP contribution < -0.4 is 15.0 Å². The minimum atomic E-state index is -0.171. The van der Waals surface area contributed by atoms with Gasteiger partial charge >= 0.3 is 0 Å². The summed E-state index contributed by atoms with van der Waals surface area (Å²) in [5.41, 5.74) is 1.76. The van der Waals surface area contributed by atoms with E-state index < -0.39 is 0 Å². The molecule has 0 fully saturated rings. The molecule has 5 nitrogen and oxygen atoms in total. The molecule has 0 unspecified atom stereocenters. The number of Topliss-reactive ketones (excluding diaryl/α,β-unsaturated/α-hetero) is 1. The maximum Gasteiger partial charge on any atom is 0.258 e. The molecule has 0 heterocycles. The van der Waals surface area contributed by atoms with Crippen LogP contribution in [0.25, 0.3) is 0 Å². The van der Waals surface area contributed by atoms with Gasteiger partial charge in [0.2, 0.25) is 0 Å². The summed E-state index contributed by atoms with van der Waals surface area (Å²) < 4.78 is 5.44. The minimum absolute atomic E-state index is 0.0455. The first-order valence-corrected chi connectivity index (χ1v) is 8.39. The molecule has 0 aromatic heterocycles. The first kappa shape index (κ1) is 18.5. The van der Waals surface area contributed by atoms with Crippen LogP contribution in [0.3, 0.4) is 0 Å². The highest BCUT2D eigenvalue weighted by atomic mass is 16.5. The molecule has 0 atom stereocenters. The molecule has 0 aliphatic heterocycles. The maximum atomic E-state index is 11.8. The highest BCUT2D eigenvalue weighted by molar-refractivity contribution is 5.95. The molecule has 0 bridgehead atoms. The molecule has 1 amide bonds. The smallest absolute Gasteiger partial charge is 0.258 e. The molecule has 0 saturated carbocycles. The van der Waals surface area contributed by atoms with Gasteiger partial charge in [0.05, 0.1) is 0 Å². The molecule has 0 aliphatic rings. The van der Waals surface area contributed by atoms with E-state index in [1.807, 2.05) is 44.3 Å². The summed E-state index contributed by atoms with van der Waals surface area (Å²) in [5, 5.41) is 2.83. The van der Waals surface area contributed by atoms with E-state index in [-0.39, 0.29) is 18.3 Å². The molecule has 1 N–H and O–H groups in total. The van der Waals surface area contributed by atoms with Crippen molar-refractivity contribution < 1.29 is 14.3 Å². The van der Waals surface area contributed by atoms with Gasteiger partial charge < -0.3 is 15.0 Å². The van der Waals surface area contributed by atoms with Crippen molar-refractivity contribution in [3.63, 3.8) is 0 Å². The van der Waals surface area contributed by atoms with E-state index in [4.69, 9.17) is 4.74 Å². The molecule has 2 rings (SSSR count). The van der Waals surface area contributed by atoms with Crippen molar-refractivity contribution >= 4 is 17.4 Å². The van der Waals surface area contributed by atoms with Crippen molar-refractivity contribution in [1.82, 2.24) is 5.32 Å². The number of amides is 1.